The first kappa shape index (κ1) is 14.5. The van der Waals surface area contributed by atoms with E-state index in [1.165, 1.54) is 0 Å². The lowest BCUT2D eigenvalue weighted by molar-refractivity contribution is 0.214. The topological polar surface area (TPSA) is 42.4 Å². The van der Waals surface area contributed by atoms with Crippen molar-refractivity contribution in [3.63, 3.8) is 0 Å². The summed E-state index contributed by atoms with van der Waals surface area (Å²) in [6.07, 6.45) is 2.63. The zero-order valence-electron chi connectivity index (χ0n) is 12.4. The van der Waals surface area contributed by atoms with Crippen LogP contribution in [0.25, 0.3) is 0 Å². The Balaban J connectivity index is 2.48. The van der Waals surface area contributed by atoms with Crippen molar-refractivity contribution >= 4 is 0 Å². The van der Waals surface area contributed by atoms with Crippen LogP contribution in [0.4, 0.5) is 0 Å². The molecule has 0 saturated heterocycles. The monoisotopic (exact) mass is 271 g/mol. The van der Waals surface area contributed by atoms with Crippen LogP contribution in [0.15, 0.2) is 42.7 Å². The Hall–Kier alpha value is -1.87. The van der Waals surface area contributed by atoms with Crippen LogP contribution in [-0.4, -0.2) is 17.2 Å². The van der Waals surface area contributed by atoms with Gasteiger partial charge in [-0.25, -0.2) is 0 Å². The highest BCUT2D eigenvalue weighted by Crippen LogP contribution is 2.34. The van der Waals surface area contributed by atoms with E-state index >= 15 is 0 Å². The van der Waals surface area contributed by atoms with Crippen LogP contribution in [0, 0.1) is 0 Å². The second kappa shape index (κ2) is 5.63. The summed E-state index contributed by atoms with van der Waals surface area (Å²) in [5.41, 5.74) is 2.72. The highest BCUT2D eigenvalue weighted by molar-refractivity contribution is 5.44. The number of ether oxygens (including phenoxy) is 1. The average molecular weight is 271 g/mol. The van der Waals surface area contributed by atoms with E-state index in [2.05, 4.69) is 25.8 Å². The lowest BCUT2D eigenvalue weighted by Gasteiger charge is -2.23. The van der Waals surface area contributed by atoms with E-state index < -0.39 is 6.10 Å². The van der Waals surface area contributed by atoms with Crippen LogP contribution in [-0.2, 0) is 5.41 Å². The van der Waals surface area contributed by atoms with Gasteiger partial charge in [-0.3, -0.25) is 4.98 Å². The molecule has 1 aromatic carbocycles. The predicted octanol–water partition coefficient (Wildman–Crippen LogP) is 3.47. The average Bonchev–Trinajstić information content (AvgIpc) is 2.45. The van der Waals surface area contributed by atoms with Crippen molar-refractivity contribution in [1.29, 1.82) is 0 Å². The summed E-state index contributed by atoms with van der Waals surface area (Å²) in [5, 5.41) is 10.6. The number of hydrogen-bond acceptors (Lipinski definition) is 3. The van der Waals surface area contributed by atoms with Gasteiger partial charge in [0.1, 0.15) is 11.9 Å². The number of hydrogen-bond donors (Lipinski definition) is 1. The molecule has 3 heteroatoms. The fourth-order valence-corrected chi connectivity index (χ4v) is 2.13. The van der Waals surface area contributed by atoms with E-state index in [4.69, 9.17) is 4.74 Å². The zero-order chi connectivity index (χ0) is 14.8. The molecule has 0 aliphatic rings. The second-order valence-electron chi connectivity index (χ2n) is 5.90. The highest BCUT2D eigenvalue weighted by Gasteiger charge is 2.20. The molecule has 0 amide bonds. The second-order valence-corrected chi connectivity index (χ2v) is 5.90. The first-order valence-electron chi connectivity index (χ1n) is 6.70. The molecule has 0 aliphatic heterocycles. The fraction of sp³-hybridized carbons (Fsp3) is 0.353. The summed E-state index contributed by atoms with van der Waals surface area (Å²) < 4.78 is 5.38. The van der Waals surface area contributed by atoms with Crippen molar-refractivity contribution in [2.24, 2.45) is 0 Å². The molecule has 1 aromatic heterocycles. The minimum Gasteiger partial charge on any atom is -0.496 e. The maximum absolute atomic E-state index is 10.6. The summed E-state index contributed by atoms with van der Waals surface area (Å²) in [5.74, 6) is 0.689. The maximum atomic E-state index is 10.6. The van der Waals surface area contributed by atoms with Crippen molar-refractivity contribution < 1.29 is 9.84 Å². The molecule has 0 fully saturated rings. The number of methoxy groups -OCH3 is 1. The highest BCUT2D eigenvalue weighted by atomic mass is 16.5. The predicted molar refractivity (Wildman–Crippen MR) is 80.0 cm³/mol. The summed E-state index contributed by atoms with van der Waals surface area (Å²) >= 11 is 0. The van der Waals surface area contributed by atoms with Crippen molar-refractivity contribution in [2.75, 3.05) is 7.11 Å². The smallest absolute Gasteiger partial charge is 0.125 e. The van der Waals surface area contributed by atoms with Crippen LogP contribution >= 0.6 is 0 Å². The Morgan fingerprint density at radius 2 is 1.95 bits per heavy atom. The molecular formula is C17H21NO2. The molecule has 1 atom stereocenters. The molecular weight excluding hydrogens is 250 g/mol. The minimum atomic E-state index is -0.735. The summed E-state index contributed by atoms with van der Waals surface area (Å²) in [7, 11) is 1.62. The third kappa shape index (κ3) is 2.99. The summed E-state index contributed by atoms with van der Waals surface area (Å²) in [6.45, 7) is 6.44. The van der Waals surface area contributed by atoms with Gasteiger partial charge in [0.2, 0.25) is 0 Å². The van der Waals surface area contributed by atoms with E-state index in [-0.39, 0.29) is 5.41 Å². The zero-order valence-corrected chi connectivity index (χ0v) is 12.4. The van der Waals surface area contributed by atoms with Crippen LogP contribution < -0.4 is 4.74 Å². The van der Waals surface area contributed by atoms with Gasteiger partial charge in [0.15, 0.2) is 0 Å². The number of aliphatic hydroxyl groups excluding tert-OH is 1. The third-order valence-corrected chi connectivity index (χ3v) is 3.39. The lowest BCUT2D eigenvalue weighted by atomic mass is 9.85. The molecule has 2 rings (SSSR count). The molecule has 1 heterocycles. The fourth-order valence-electron chi connectivity index (χ4n) is 2.13. The molecule has 1 N–H and O–H groups in total. The molecule has 0 aliphatic carbocycles. The molecule has 106 valence electrons. The van der Waals surface area contributed by atoms with E-state index in [0.29, 0.717) is 5.75 Å². The first-order chi connectivity index (χ1) is 9.43. The van der Waals surface area contributed by atoms with Gasteiger partial charge in [0.05, 0.1) is 7.11 Å². The van der Waals surface area contributed by atoms with E-state index in [1.807, 2.05) is 30.3 Å². The Morgan fingerprint density at radius 1 is 1.20 bits per heavy atom. The molecule has 0 bridgehead atoms. The van der Waals surface area contributed by atoms with Crippen molar-refractivity contribution in [3.05, 3.63) is 59.4 Å². The van der Waals surface area contributed by atoms with Crippen LogP contribution in [0.3, 0.4) is 0 Å². The SMILES string of the molecule is COc1ccc(C(C)(C)C)cc1C(O)c1cccnc1. The molecule has 2 aromatic rings. The molecule has 0 radical (unpaired) electrons. The van der Waals surface area contributed by atoms with E-state index in [1.54, 1.807) is 19.5 Å². The van der Waals surface area contributed by atoms with Gasteiger partial charge in [-0.05, 0) is 29.2 Å². The van der Waals surface area contributed by atoms with Gasteiger partial charge in [0, 0.05) is 23.5 Å². The van der Waals surface area contributed by atoms with Gasteiger partial charge in [-0.2, -0.15) is 0 Å². The third-order valence-electron chi connectivity index (χ3n) is 3.39. The molecule has 3 nitrogen and oxygen atoms in total. The first-order valence-corrected chi connectivity index (χ1v) is 6.70. The van der Waals surface area contributed by atoms with Gasteiger partial charge in [0.25, 0.3) is 0 Å². The largest absolute Gasteiger partial charge is 0.496 e. The van der Waals surface area contributed by atoms with E-state index in [9.17, 15) is 5.11 Å². The number of rotatable bonds is 3. The molecule has 20 heavy (non-hydrogen) atoms. The number of pyridine rings is 1. The quantitative estimate of drug-likeness (QED) is 0.929. The lowest BCUT2D eigenvalue weighted by Crippen LogP contribution is -2.13. The number of aromatic nitrogens is 1. The Bertz CT molecular complexity index is 573. The summed E-state index contributed by atoms with van der Waals surface area (Å²) in [4.78, 5) is 4.06. The normalized spacial score (nSPS) is 13.1. The number of nitrogens with zero attached hydrogens (tertiary/aromatic N) is 1. The Labute approximate surface area is 120 Å². The molecule has 0 spiro atoms. The Morgan fingerprint density at radius 3 is 2.50 bits per heavy atom. The van der Waals surface area contributed by atoms with Crippen LogP contribution in [0.1, 0.15) is 43.6 Å². The van der Waals surface area contributed by atoms with Crippen molar-refractivity contribution in [2.45, 2.75) is 32.3 Å². The maximum Gasteiger partial charge on any atom is 0.125 e. The van der Waals surface area contributed by atoms with Gasteiger partial charge >= 0.3 is 0 Å². The van der Waals surface area contributed by atoms with Crippen molar-refractivity contribution in [3.8, 4) is 5.75 Å². The van der Waals surface area contributed by atoms with Crippen LogP contribution in [0.5, 0.6) is 5.75 Å². The minimum absolute atomic E-state index is 0.0235. The molecule has 0 saturated carbocycles. The molecule has 1 unspecified atom stereocenters. The van der Waals surface area contributed by atoms with Gasteiger partial charge in [-0.15, -0.1) is 0 Å². The van der Waals surface area contributed by atoms with E-state index in [0.717, 1.165) is 16.7 Å². The Kier molecular flexibility index (Phi) is 4.09. The number of benzene rings is 1. The van der Waals surface area contributed by atoms with Gasteiger partial charge < -0.3 is 9.84 Å². The number of aliphatic hydroxyl groups is 1. The van der Waals surface area contributed by atoms with Crippen molar-refractivity contribution in [1.82, 2.24) is 4.98 Å². The summed E-state index contributed by atoms with van der Waals surface area (Å²) in [6, 6.07) is 9.64. The van der Waals surface area contributed by atoms with Crippen LogP contribution in [0.2, 0.25) is 0 Å². The standard InChI is InChI=1S/C17H21NO2/c1-17(2,3)13-7-8-15(20-4)14(10-13)16(19)12-6-5-9-18-11-12/h5-11,16,19H,1-4H3. The van der Waals surface area contributed by atoms with Gasteiger partial charge in [-0.1, -0.05) is 32.9 Å².